The van der Waals surface area contributed by atoms with Crippen LogP contribution in [-0.2, 0) is 0 Å². The zero-order valence-corrected chi connectivity index (χ0v) is 8.25. The molecule has 0 bridgehead atoms. The molecule has 0 amide bonds. The topological polar surface area (TPSA) is 17.8 Å². The van der Waals surface area contributed by atoms with Crippen molar-refractivity contribution >= 4 is 0 Å². The number of nitrogens with zero attached hydrogens (tertiary/aromatic N) is 2. The summed E-state index contributed by atoms with van der Waals surface area (Å²) < 4.78 is 2.11. The third-order valence-electron chi connectivity index (χ3n) is 2.26. The number of aromatic nitrogens is 2. The molecule has 0 aliphatic carbocycles. The van der Waals surface area contributed by atoms with E-state index in [9.17, 15) is 0 Å². The number of unbranched alkanes of at least 4 members (excludes halogenated alkanes) is 1. The van der Waals surface area contributed by atoms with Crippen LogP contribution in [0.25, 0.3) is 0 Å². The second-order valence-electron chi connectivity index (χ2n) is 3.41. The minimum Gasteiger partial charge on any atom is -0.267 e. The molecule has 0 saturated heterocycles. The molecule has 0 spiro atoms. The molecule has 68 valence electrons. The van der Waals surface area contributed by atoms with Crippen LogP contribution in [0.15, 0.2) is 12.3 Å². The molecule has 0 aromatic carbocycles. The van der Waals surface area contributed by atoms with Gasteiger partial charge >= 0.3 is 0 Å². The summed E-state index contributed by atoms with van der Waals surface area (Å²) in [4.78, 5) is 0. The van der Waals surface area contributed by atoms with Crippen molar-refractivity contribution in [3.05, 3.63) is 18.0 Å². The highest BCUT2D eigenvalue weighted by atomic mass is 15.3. The van der Waals surface area contributed by atoms with Gasteiger partial charge in [-0.2, -0.15) is 5.10 Å². The van der Waals surface area contributed by atoms with Crippen molar-refractivity contribution in [1.29, 1.82) is 0 Å². The SMILES string of the molecule is CCCCC(C)n1nccc1C. The second-order valence-corrected chi connectivity index (χ2v) is 3.41. The van der Waals surface area contributed by atoms with Gasteiger partial charge in [0.1, 0.15) is 0 Å². The Morgan fingerprint density at radius 1 is 1.58 bits per heavy atom. The summed E-state index contributed by atoms with van der Waals surface area (Å²) in [6, 6.07) is 2.61. The molecule has 2 heteroatoms. The molecule has 1 aromatic rings. The smallest absolute Gasteiger partial charge is 0.0494 e. The fourth-order valence-electron chi connectivity index (χ4n) is 1.46. The summed E-state index contributed by atoms with van der Waals surface area (Å²) in [5.41, 5.74) is 1.26. The Morgan fingerprint density at radius 2 is 2.33 bits per heavy atom. The van der Waals surface area contributed by atoms with Crippen molar-refractivity contribution in [2.75, 3.05) is 0 Å². The largest absolute Gasteiger partial charge is 0.267 e. The van der Waals surface area contributed by atoms with Gasteiger partial charge in [0.05, 0.1) is 0 Å². The third-order valence-corrected chi connectivity index (χ3v) is 2.26. The van der Waals surface area contributed by atoms with Gasteiger partial charge in [-0.05, 0) is 26.3 Å². The molecule has 0 saturated carbocycles. The van der Waals surface area contributed by atoms with Gasteiger partial charge in [-0.3, -0.25) is 4.68 Å². The summed E-state index contributed by atoms with van der Waals surface area (Å²) in [6.45, 7) is 6.56. The molecule has 0 aliphatic heterocycles. The quantitative estimate of drug-likeness (QED) is 0.672. The molecule has 0 radical (unpaired) electrons. The summed E-state index contributed by atoms with van der Waals surface area (Å²) >= 11 is 0. The summed E-state index contributed by atoms with van der Waals surface area (Å²) in [6.07, 6.45) is 5.67. The minimum absolute atomic E-state index is 0.556. The Balaban J connectivity index is 2.52. The van der Waals surface area contributed by atoms with E-state index >= 15 is 0 Å². The van der Waals surface area contributed by atoms with Crippen molar-refractivity contribution in [2.24, 2.45) is 0 Å². The van der Waals surface area contributed by atoms with Crippen LogP contribution < -0.4 is 0 Å². The maximum absolute atomic E-state index is 4.29. The molecule has 2 nitrogen and oxygen atoms in total. The first-order valence-corrected chi connectivity index (χ1v) is 4.75. The monoisotopic (exact) mass is 166 g/mol. The molecule has 1 aromatic heterocycles. The Bertz CT molecular complexity index is 227. The molecule has 1 rings (SSSR count). The molecule has 1 unspecified atom stereocenters. The van der Waals surface area contributed by atoms with Crippen molar-refractivity contribution in [2.45, 2.75) is 46.1 Å². The van der Waals surface area contributed by atoms with Crippen LogP contribution in [0, 0.1) is 6.92 Å². The fourth-order valence-corrected chi connectivity index (χ4v) is 1.46. The minimum atomic E-state index is 0.556. The molecular formula is C10H18N2. The van der Waals surface area contributed by atoms with E-state index in [2.05, 4.69) is 36.6 Å². The average Bonchev–Trinajstić information content (AvgIpc) is 2.47. The van der Waals surface area contributed by atoms with Gasteiger partial charge in [0.2, 0.25) is 0 Å². The van der Waals surface area contributed by atoms with Gasteiger partial charge < -0.3 is 0 Å². The third kappa shape index (κ3) is 2.10. The number of aryl methyl sites for hydroxylation is 1. The van der Waals surface area contributed by atoms with Crippen molar-refractivity contribution in [3.63, 3.8) is 0 Å². The van der Waals surface area contributed by atoms with E-state index in [4.69, 9.17) is 0 Å². The van der Waals surface area contributed by atoms with Crippen LogP contribution in [0.1, 0.15) is 44.8 Å². The van der Waals surface area contributed by atoms with Gasteiger partial charge in [0, 0.05) is 17.9 Å². The first-order chi connectivity index (χ1) is 5.75. The highest BCUT2D eigenvalue weighted by Gasteiger charge is 2.05. The number of rotatable bonds is 4. The highest BCUT2D eigenvalue weighted by Crippen LogP contribution is 2.14. The van der Waals surface area contributed by atoms with E-state index in [0.29, 0.717) is 6.04 Å². The van der Waals surface area contributed by atoms with E-state index in [1.165, 1.54) is 25.0 Å². The average molecular weight is 166 g/mol. The standard InChI is InChI=1S/C10H18N2/c1-4-5-6-9(2)12-10(3)7-8-11-12/h7-9H,4-6H2,1-3H3. The van der Waals surface area contributed by atoms with Gasteiger partial charge in [0.25, 0.3) is 0 Å². The lowest BCUT2D eigenvalue weighted by Crippen LogP contribution is -2.08. The highest BCUT2D eigenvalue weighted by molar-refractivity contribution is 4.97. The van der Waals surface area contributed by atoms with E-state index in [-0.39, 0.29) is 0 Å². The molecule has 12 heavy (non-hydrogen) atoms. The molecular weight excluding hydrogens is 148 g/mol. The van der Waals surface area contributed by atoms with Crippen LogP contribution in [0.4, 0.5) is 0 Å². The summed E-state index contributed by atoms with van der Waals surface area (Å²) in [5.74, 6) is 0. The van der Waals surface area contributed by atoms with Gasteiger partial charge in [0.15, 0.2) is 0 Å². The predicted octanol–water partition coefficient (Wildman–Crippen LogP) is 2.94. The fraction of sp³-hybridized carbons (Fsp3) is 0.700. The van der Waals surface area contributed by atoms with Gasteiger partial charge in [-0.15, -0.1) is 0 Å². The molecule has 0 N–H and O–H groups in total. The zero-order valence-electron chi connectivity index (χ0n) is 8.25. The number of hydrogen-bond acceptors (Lipinski definition) is 1. The van der Waals surface area contributed by atoms with E-state index in [1.54, 1.807) is 0 Å². The normalized spacial score (nSPS) is 13.2. The van der Waals surface area contributed by atoms with Crippen LogP contribution in [0.3, 0.4) is 0 Å². The van der Waals surface area contributed by atoms with Gasteiger partial charge in [-0.25, -0.2) is 0 Å². The van der Waals surface area contributed by atoms with Crippen LogP contribution >= 0.6 is 0 Å². The molecule has 1 heterocycles. The molecule has 0 fully saturated rings. The Hall–Kier alpha value is -0.790. The lowest BCUT2D eigenvalue weighted by molar-refractivity contribution is 0.436. The van der Waals surface area contributed by atoms with Gasteiger partial charge in [-0.1, -0.05) is 19.8 Å². The van der Waals surface area contributed by atoms with Crippen LogP contribution in [-0.4, -0.2) is 9.78 Å². The lowest BCUT2D eigenvalue weighted by Gasteiger charge is -2.13. The van der Waals surface area contributed by atoms with E-state index in [1.807, 2.05) is 6.20 Å². The zero-order chi connectivity index (χ0) is 8.97. The maximum Gasteiger partial charge on any atom is 0.0494 e. The molecule has 1 atom stereocenters. The number of hydrogen-bond donors (Lipinski definition) is 0. The second kappa shape index (κ2) is 4.29. The van der Waals surface area contributed by atoms with Crippen LogP contribution in [0.2, 0.25) is 0 Å². The Labute approximate surface area is 74.6 Å². The van der Waals surface area contributed by atoms with E-state index < -0.39 is 0 Å². The van der Waals surface area contributed by atoms with Crippen LogP contribution in [0.5, 0.6) is 0 Å². The lowest BCUT2D eigenvalue weighted by atomic mass is 10.1. The first kappa shape index (κ1) is 9.30. The molecule has 0 aliphatic rings. The predicted molar refractivity (Wildman–Crippen MR) is 51.2 cm³/mol. The van der Waals surface area contributed by atoms with Crippen molar-refractivity contribution in [1.82, 2.24) is 9.78 Å². The van der Waals surface area contributed by atoms with Crippen molar-refractivity contribution in [3.8, 4) is 0 Å². The summed E-state index contributed by atoms with van der Waals surface area (Å²) in [7, 11) is 0. The van der Waals surface area contributed by atoms with Crippen molar-refractivity contribution < 1.29 is 0 Å². The Morgan fingerprint density at radius 3 is 2.83 bits per heavy atom. The van der Waals surface area contributed by atoms with E-state index in [0.717, 1.165) is 0 Å². The Kier molecular flexibility index (Phi) is 3.32. The maximum atomic E-state index is 4.29. The summed E-state index contributed by atoms with van der Waals surface area (Å²) in [5, 5.41) is 4.29. The first-order valence-electron chi connectivity index (χ1n) is 4.75.